The number of imidazole rings is 1. The van der Waals surface area contributed by atoms with E-state index in [1.165, 1.54) is 0 Å². The van der Waals surface area contributed by atoms with Crippen LogP contribution >= 0.6 is 0 Å². The molecule has 5 rings (SSSR count). The fourth-order valence-electron chi connectivity index (χ4n) is 3.73. The van der Waals surface area contributed by atoms with Gasteiger partial charge in [0.05, 0.1) is 6.20 Å². The number of nitrogens with one attached hydrogen (secondary N) is 1. The van der Waals surface area contributed by atoms with Gasteiger partial charge in [-0.1, -0.05) is 23.4 Å². The number of Topliss-reactive ketones (excluding diaryl/α,β-unsaturated/α-hetero) is 1. The van der Waals surface area contributed by atoms with Gasteiger partial charge in [-0.15, -0.1) is 0 Å². The van der Waals surface area contributed by atoms with Crippen molar-refractivity contribution >= 4 is 23.0 Å². The number of hydrogen-bond donors (Lipinski definition) is 1. The first-order valence-electron chi connectivity index (χ1n) is 9.78. The number of nitrogens with zero attached hydrogens (tertiary/aromatic N) is 4. The lowest BCUT2D eigenvalue weighted by molar-refractivity contribution is -0.117. The van der Waals surface area contributed by atoms with Crippen LogP contribution in [0.2, 0.25) is 0 Å². The van der Waals surface area contributed by atoms with E-state index in [-0.39, 0.29) is 17.6 Å². The molecule has 0 aliphatic heterocycles. The summed E-state index contributed by atoms with van der Waals surface area (Å²) >= 11 is 0. The molecule has 1 amide bonds. The van der Waals surface area contributed by atoms with Crippen molar-refractivity contribution in [2.45, 2.75) is 32.1 Å². The topological polar surface area (TPSA) is 102 Å². The molecule has 0 bridgehead atoms. The lowest BCUT2D eigenvalue weighted by Crippen LogP contribution is -2.15. The Labute approximate surface area is 171 Å². The van der Waals surface area contributed by atoms with E-state index in [1.807, 2.05) is 43.3 Å². The normalized spacial score (nSPS) is 16.3. The van der Waals surface area contributed by atoms with Crippen LogP contribution in [0.4, 0.5) is 5.69 Å². The highest BCUT2D eigenvalue weighted by Crippen LogP contribution is 2.32. The Morgan fingerprint density at radius 3 is 3.00 bits per heavy atom. The van der Waals surface area contributed by atoms with Crippen LogP contribution in [-0.4, -0.2) is 31.2 Å². The molecule has 1 atom stereocenters. The predicted molar refractivity (Wildman–Crippen MR) is 109 cm³/mol. The molecule has 1 saturated carbocycles. The van der Waals surface area contributed by atoms with Crippen LogP contribution in [0, 0.1) is 6.92 Å². The molecule has 30 heavy (non-hydrogen) atoms. The highest BCUT2D eigenvalue weighted by Gasteiger charge is 2.28. The minimum Gasteiger partial charge on any atom is -0.339 e. The van der Waals surface area contributed by atoms with Gasteiger partial charge in [0, 0.05) is 36.2 Å². The van der Waals surface area contributed by atoms with Crippen molar-refractivity contribution in [3.63, 3.8) is 0 Å². The second-order valence-corrected chi connectivity index (χ2v) is 7.49. The summed E-state index contributed by atoms with van der Waals surface area (Å²) in [6.45, 7) is 1.92. The average Bonchev–Trinajstić information content (AvgIpc) is 3.48. The minimum atomic E-state index is -0.257. The molecule has 1 aliphatic carbocycles. The van der Waals surface area contributed by atoms with Gasteiger partial charge in [-0.2, -0.15) is 4.98 Å². The second-order valence-electron chi connectivity index (χ2n) is 7.49. The summed E-state index contributed by atoms with van der Waals surface area (Å²) in [4.78, 5) is 33.1. The van der Waals surface area contributed by atoms with Gasteiger partial charge < -0.3 is 9.84 Å². The molecule has 3 heterocycles. The van der Waals surface area contributed by atoms with Crippen LogP contribution in [0.5, 0.6) is 0 Å². The summed E-state index contributed by atoms with van der Waals surface area (Å²) in [5, 5.41) is 7.02. The van der Waals surface area contributed by atoms with Gasteiger partial charge in [0.25, 0.3) is 5.91 Å². The van der Waals surface area contributed by atoms with Gasteiger partial charge >= 0.3 is 0 Å². The molecule has 1 unspecified atom stereocenters. The molecule has 0 radical (unpaired) electrons. The van der Waals surface area contributed by atoms with Crippen LogP contribution in [-0.2, 0) is 4.79 Å². The van der Waals surface area contributed by atoms with Crippen molar-refractivity contribution < 1.29 is 14.1 Å². The average molecular weight is 401 g/mol. The maximum Gasteiger partial charge on any atom is 0.274 e. The monoisotopic (exact) mass is 401 g/mol. The number of rotatable bonds is 4. The SMILES string of the molecule is Cc1ccc(-c2noc(C3CCC(=O)C3)n2)cc1NC(=O)c1cnc2ccccn12. The van der Waals surface area contributed by atoms with Gasteiger partial charge in [-0.25, -0.2) is 4.98 Å². The number of hydrogen-bond acceptors (Lipinski definition) is 6. The third-order valence-corrected chi connectivity index (χ3v) is 5.43. The van der Waals surface area contributed by atoms with Crippen molar-refractivity contribution in [2.24, 2.45) is 0 Å². The summed E-state index contributed by atoms with van der Waals surface area (Å²) in [7, 11) is 0. The lowest BCUT2D eigenvalue weighted by atomic mass is 10.1. The quantitative estimate of drug-likeness (QED) is 0.558. The van der Waals surface area contributed by atoms with E-state index in [0.29, 0.717) is 41.6 Å². The molecule has 150 valence electrons. The van der Waals surface area contributed by atoms with E-state index in [9.17, 15) is 9.59 Å². The molecule has 8 nitrogen and oxygen atoms in total. The summed E-state index contributed by atoms with van der Waals surface area (Å²) in [6, 6.07) is 11.2. The first-order valence-corrected chi connectivity index (χ1v) is 9.78. The largest absolute Gasteiger partial charge is 0.339 e. The molecule has 0 spiro atoms. The van der Waals surface area contributed by atoms with E-state index in [2.05, 4.69) is 20.4 Å². The number of amides is 1. The van der Waals surface area contributed by atoms with Crippen LogP contribution in [0.15, 0.2) is 53.3 Å². The predicted octanol–water partition coefficient (Wildman–Crippen LogP) is 3.78. The number of aromatic nitrogens is 4. The molecule has 1 fully saturated rings. The Hall–Kier alpha value is -3.81. The van der Waals surface area contributed by atoms with Crippen LogP contribution in [0.1, 0.15) is 47.1 Å². The first-order chi connectivity index (χ1) is 14.6. The fraction of sp³-hybridized carbons (Fsp3) is 0.227. The van der Waals surface area contributed by atoms with Crippen LogP contribution < -0.4 is 5.32 Å². The number of fused-ring (bicyclic) bond motifs is 1. The fourth-order valence-corrected chi connectivity index (χ4v) is 3.73. The first kappa shape index (κ1) is 18.2. The molecule has 1 aliphatic rings. The van der Waals surface area contributed by atoms with Gasteiger partial charge in [0.2, 0.25) is 11.7 Å². The Bertz CT molecular complexity index is 1270. The zero-order valence-electron chi connectivity index (χ0n) is 16.3. The summed E-state index contributed by atoms with van der Waals surface area (Å²) in [6.07, 6.45) is 5.12. The van der Waals surface area contributed by atoms with E-state index in [4.69, 9.17) is 4.52 Å². The lowest BCUT2D eigenvalue weighted by Gasteiger charge is -2.09. The van der Waals surface area contributed by atoms with Crippen molar-refractivity contribution in [3.05, 3.63) is 65.9 Å². The smallest absolute Gasteiger partial charge is 0.274 e. The minimum absolute atomic E-state index is 0.00137. The molecule has 8 heteroatoms. The number of carbonyl (C=O) groups excluding carboxylic acids is 2. The molecular weight excluding hydrogens is 382 g/mol. The molecule has 1 aromatic carbocycles. The summed E-state index contributed by atoms with van der Waals surface area (Å²) < 4.78 is 7.14. The molecular formula is C22H19N5O3. The standard InChI is InChI=1S/C22H19N5O3/c1-13-5-6-14(20-25-22(30-26-20)15-7-8-16(28)10-15)11-17(13)24-21(29)18-12-23-19-4-2-3-9-27(18)19/h2-6,9,11-12,15H,7-8,10H2,1H3,(H,24,29). The third kappa shape index (κ3) is 3.26. The zero-order valence-corrected chi connectivity index (χ0v) is 16.3. The number of pyridine rings is 1. The molecule has 4 aromatic rings. The van der Waals surface area contributed by atoms with Crippen LogP contribution in [0.3, 0.4) is 0 Å². The number of benzene rings is 1. The van der Waals surface area contributed by atoms with Gasteiger partial charge in [-0.05, 0) is 37.1 Å². The maximum atomic E-state index is 12.8. The van der Waals surface area contributed by atoms with E-state index in [1.54, 1.807) is 16.8 Å². The third-order valence-electron chi connectivity index (χ3n) is 5.43. The van der Waals surface area contributed by atoms with Gasteiger partial charge in [0.15, 0.2) is 0 Å². The number of aryl methyl sites for hydroxylation is 1. The Morgan fingerprint density at radius 2 is 2.17 bits per heavy atom. The van der Waals surface area contributed by atoms with E-state index >= 15 is 0 Å². The van der Waals surface area contributed by atoms with Gasteiger partial charge in [0.1, 0.15) is 17.1 Å². The Morgan fingerprint density at radius 1 is 1.27 bits per heavy atom. The van der Waals surface area contributed by atoms with Gasteiger partial charge in [-0.3, -0.25) is 14.0 Å². The number of anilines is 1. The van der Waals surface area contributed by atoms with Crippen molar-refractivity contribution in [3.8, 4) is 11.4 Å². The highest BCUT2D eigenvalue weighted by molar-refractivity contribution is 6.04. The second kappa shape index (κ2) is 7.22. The van der Waals surface area contributed by atoms with Crippen molar-refractivity contribution in [1.82, 2.24) is 19.5 Å². The number of ketones is 1. The molecule has 0 saturated heterocycles. The van der Waals surface area contributed by atoms with Crippen LogP contribution in [0.25, 0.3) is 17.0 Å². The summed E-state index contributed by atoms with van der Waals surface area (Å²) in [5.41, 5.74) is 3.45. The Kier molecular flexibility index (Phi) is 4.39. The van der Waals surface area contributed by atoms with Crippen molar-refractivity contribution in [1.29, 1.82) is 0 Å². The summed E-state index contributed by atoms with van der Waals surface area (Å²) in [5.74, 6) is 0.903. The maximum absolute atomic E-state index is 12.8. The van der Waals surface area contributed by atoms with E-state index < -0.39 is 0 Å². The van der Waals surface area contributed by atoms with E-state index in [0.717, 1.165) is 17.5 Å². The molecule has 1 N–H and O–H groups in total. The molecule has 3 aromatic heterocycles. The Balaban J connectivity index is 1.41. The van der Waals surface area contributed by atoms with Crippen molar-refractivity contribution in [2.75, 3.05) is 5.32 Å². The highest BCUT2D eigenvalue weighted by atomic mass is 16.5. The number of carbonyl (C=O) groups is 2. The zero-order chi connectivity index (χ0) is 20.7.